The minimum Gasteiger partial charge on any atom is -0.0795 e. The van der Waals surface area contributed by atoms with Crippen molar-refractivity contribution in [2.24, 2.45) is 0 Å². The van der Waals surface area contributed by atoms with Crippen LogP contribution >= 0.6 is 15.9 Å². The second-order valence-corrected chi connectivity index (χ2v) is 6.83. The molecule has 0 saturated carbocycles. The molecule has 50 valence electrons. The summed E-state index contributed by atoms with van der Waals surface area (Å²) in [7, 11) is -0.483. The maximum Gasteiger partial charge on any atom is 0.0442 e. The van der Waals surface area contributed by atoms with E-state index in [4.69, 9.17) is 0 Å². The predicted molar refractivity (Wildman–Crippen MR) is 48.8 cm³/mol. The van der Waals surface area contributed by atoms with Gasteiger partial charge in [-0.25, -0.2) is 0 Å². The van der Waals surface area contributed by atoms with E-state index in [9.17, 15) is 0 Å². The summed E-state index contributed by atoms with van der Waals surface area (Å²) in [6.45, 7) is 4.74. The Morgan fingerprint density at radius 3 is 2.44 bits per heavy atom. The van der Waals surface area contributed by atoms with Crippen LogP contribution in [0.25, 0.3) is 0 Å². The van der Waals surface area contributed by atoms with Gasteiger partial charge < -0.3 is 0 Å². The van der Waals surface area contributed by atoms with Crippen LogP contribution < -0.4 is 0 Å². The number of allylic oxidation sites excluding steroid dienone is 4. The van der Waals surface area contributed by atoms with Gasteiger partial charge in [-0.1, -0.05) is 47.3 Å². The Morgan fingerprint density at radius 1 is 1.56 bits per heavy atom. The highest BCUT2D eigenvalue weighted by Crippen LogP contribution is 2.32. The van der Waals surface area contributed by atoms with Crippen molar-refractivity contribution in [1.82, 2.24) is 0 Å². The van der Waals surface area contributed by atoms with Crippen molar-refractivity contribution in [2.45, 2.75) is 18.6 Å². The second-order valence-electron chi connectivity index (χ2n) is 2.71. The highest BCUT2D eigenvalue weighted by atomic mass is 79.9. The molecule has 0 aromatic rings. The summed E-state index contributed by atoms with van der Waals surface area (Å²) < 4.78 is 1.38. The van der Waals surface area contributed by atoms with Crippen molar-refractivity contribution in [3.8, 4) is 0 Å². The van der Waals surface area contributed by atoms with E-state index in [2.05, 4.69) is 47.3 Å². The molecule has 1 rings (SSSR count). The molecule has 2 heteroatoms. The smallest absolute Gasteiger partial charge is 0.0442 e. The third-order valence-corrected chi connectivity index (χ3v) is 4.91. The van der Waals surface area contributed by atoms with Crippen LogP contribution in [0.3, 0.4) is 0 Å². The summed E-state index contributed by atoms with van der Waals surface area (Å²) in [4.78, 5) is 0. The van der Waals surface area contributed by atoms with Crippen LogP contribution in [0, 0.1) is 0 Å². The highest BCUT2D eigenvalue weighted by molar-refractivity contribution is 9.11. The first-order valence-electron chi connectivity index (χ1n) is 3.25. The number of rotatable bonds is 1. The van der Waals surface area contributed by atoms with Crippen molar-refractivity contribution in [1.29, 1.82) is 0 Å². The summed E-state index contributed by atoms with van der Waals surface area (Å²) in [6.07, 6.45) is 6.58. The molecule has 0 aromatic carbocycles. The zero-order chi connectivity index (χ0) is 6.85. The first-order valence-corrected chi connectivity index (χ1v) is 7.02. The highest BCUT2D eigenvalue weighted by Gasteiger charge is 2.16. The molecule has 9 heavy (non-hydrogen) atoms. The quantitative estimate of drug-likeness (QED) is 0.575. The molecule has 0 amide bonds. The second kappa shape index (κ2) is 2.84. The van der Waals surface area contributed by atoms with Gasteiger partial charge in [0.05, 0.1) is 0 Å². The van der Waals surface area contributed by atoms with Crippen molar-refractivity contribution >= 4 is 24.7 Å². The van der Waals surface area contributed by atoms with E-state index in [0.717, 1.165) is 5.54 Å². The molecular formula is C7H11BrSi. The van der Waals surface area contributed by atoms with Crippen LogP contribution in [0.2, 0.25) is 18.6 Å². The molecule has 1 unspecified atom stereocenters. The lowest BCUT2D eigenvalue weighted by Gasteiger charge is -2.10. The molecular weight excluding hydrogens is 192 g/mol. The molecule has 0 saturated heterocycles. The van der Waals surface area contributed by atoms with Gasteiger partial charge in [0.1, 0.15) is 0 Å². The molecule has 0 bridgehead atoms. The maximum atomic E-state index is 3.54. The Balaban J connectivity index is 2.63. The zero-order valence-electron chi connectivity index (χ0n) is 5.76. The van der Waals surface area contributed by atoms with Crippen LogP contribution in [0.15, 0.2) is 22.7 Å². The van der Waals surface area contributed by atoms with Crippen molar-refractivity contribution in [3.63, 3.8) is 0 Å². The minimum absolute atomic E-state index is 0.483. The first kappa shape index (κ1) is 7.29. The SMILES string of the molecule is C[SiH](C)C1C=CC=C1Br. The number of hydrogen-bond acceptors (Lipinski definition) is 0. The molecule has 0 radical (unpaired) electrons. The van der Waals surface area contributed by atoms with Gasteiger partial charge >= 0.3 is 0 Å². The van der Waals surface area contributed by atoms with E-state index in [-0.39, 0.29) is 0 Å². The Kier molecular flexibility index (Phi) is 2.30. The van der Waals surface area contributed by atoms with Crippen LogP contribution in [0.1, 0.15) is 0 Å². The lowest BCUT2D eigenvalue weighted by molar-refractivity contribution is 1.33. The average Bonchev–Trinajstić information content (AvgIpc) is 2.13. The summed E-state index contributed by atoms with van der Waals surface area (Å²) in [5, 5.41) is 0. The Bertz CT molecular complexity index is 158. The van der Waals surface area contributed by atoms with E-state index < -0.39 is 8.80 Å². The Morgan fingerprint density at radius 2 is 2.22 bits per heavy atom. The monoisotopic (exact) mass is 202 g/mol. The van der Waals surface area contributed by atoms with Gasteiger partial charge in [-0.15, -0.1) is 0 Å². The van der Waals surface area contributed by atoms with Crippen LogP contribution in [0.5, 0.6) is 0 Å². The fourth-order valence-corrected chi connectivity index (χ4v) is 4.22. The number of hydrogen-bond donors (Lipinski definition) is 0. The van der Waals surface area contributed by atoms with Crippen molar-refractivity contribution in [3.05, 3.63) is 22.7 Å². The average molecular weight is 203 g/mol. The van der Waals surface area contributed by atoms with Gasteiger partial charge in [-0.05, 0) is 10.0 Å². The molecule has 0 nitrogen and oxygen atoms in total. The molecule has 0 N–H and O–H groups in total. The van der Waals surface area contributed by atoms with Gasteiger partial charge in [-0.3, -0.25) is 0 Å². The third-order valence-electron chi connectivity index (χ3n) is 1.61. The van der Waals surface area contributed by atoms with E-state index in [1.54, 1.807) is 0 Å². The van der Waals surface area contributed by atoms with E-state index in [1.807, 2.05) is 0 Å². The molecule has 0 heterocycles. The Labute approximate surface area is 66.4 Å². The fraction of sp³-hybridized carbons (Fsp3) is 0.429. The van der Waals surface area contributed by atoms with Crippen LogP contribution in [-0.4, -0.2) is 8.80 Å². The van der Waals surface area contributed by atoms with Gasteiger partial charge in [0.2, 0.25) is 0 Å². The van der Waals surface area contributed by atoms with Crippen LogP contribution in [0.4, 0.5) is 0 Å². The molecule has 1 aliphatic carbocycles. The topological polar surface area (TPSA) is 0 Å². The normalized spacial score (nSPS) is 25.3. The summed E-state index contributed by atoms with van der Waals surface area (Å²) >= 11 is 3.54. The van der Waals surface area contributed by atoms with Gasteiger partial charge in [0, 0.05) is 8.80 Å². The van der Waals surface area contributed by atoms with E-state index in [0.29, 0.717) is 0 Å². The third kappa shape index (κ3) is 1.55. The summed E-state index contributed by atoms with van der Waals surface area (Å²) in [6, 6.07) is 0. The lowest BCUT2D eigenvalue weighted by Crippen LogP contribution is -2.07. The van der Waals surface area contributed by atoms with Gasteiger partial charge in [0.15, 0.2) is 0 Å². The lowest BCUT2D eigenvalue weighted by atomic mass is 10.5. The molecule has 0 aromatic heterocycles. The maximum absolute atomic E-state index is 3.54. The van der Waals surface area contributed by atoms with Crippen molar-refractivity contribution < 1.29 is 0 Å². The predicted octanol–water partition coefficient (Wildman–Crippen LogP) is 2.69. The van der Waals surface area contributed by atoms with Gasteiger partial charge in [0.25, 0.3) is 0 Å². The Hall–Kier alpha value is 0.177. The first-order chi connectivity index (χ1) is 4.22. The van der Waals surface area contributed by atoms with Gasteiger partial charge in [-0.2, -0.15) is 0 Å². The van der Waals surface area contributed by atoms with Crippen LogP contribution in [-0.2, 0) is 0 Å². The molecule has 1 atom stereocenters. The van der Waals surface area contributed by atoms with Crippen molar-refractivity contribution in [2.75, 3.05) is 0 Å². The van der Waals surface area contributed by atoms with E-state index in [1.165, 1.54) is 4.48 Å². The molecule has 0 spiro atoms. The largest absolute Gasteiger partial charge is 0.0795 e. The molecule has 0 fully saturated rings. The minimum atomic E-state index is -0.483. The van der Waals surface area contributed by atoms with E-state index >= 15 is 0 Å². The summed E-state index contributed by atoms with van der Waals surface area (Å²) in [5.74, 6) is 0. The fourth-order valence-electron chi connectivity index (χ4n) is 1.01. The zero-order valence-corrected chi connectivity index (χ0v) is 8.51. The summed E-state index contributed by atoms with van der Waals surface area (Å²) in [5.41, 5.74) is 0.769. The standard InChI is InChI=1S/C7H11BrSi/c1-9(2)7-5-3-4-6(7)8/h3-5,7,9H,1-2H3. The molecule has 1 aliphatic rings. The number of halogens is 1. The molecule has 0 aliphatic heterocycles.